The van der Waals surface area contributed by atoms with Gasteiger partial charge in [-0.1, -0.05) is 13.3 Å². The Bertz CT molecular complexity index is 436. The zero-order valence-corrected chi connectivity index (χ0v) is 10.00. The highest BCUT2D eigenvalue weighted by molar-refractivity contribution is 5.68. The van der Waals surface area contributed by atoms with E-state index in [-0.39, 0.29) is 24.0 Å². The zero-order chi connectivity index (χ0) is 13.5. The van der Waals surface area contributed by atoms with E-state index in [1.807, 2.05) is 6.92 Å². The number of aromatic nitrogens is 1. The summed E-state index contributed by atoms with van der Waals surface area (Å²) in [6.45, 7) is 1.92. The van der Waals surface area contributed by atoms with Crippen molar-refractivity contribution in [3.8, 4) is 0 Å². The second-order valence-electron chi connectivity index (χ2n) is 3.86. The van der Waals surface area contributed by atoms with Gasteiger partial charge in [0.05, 0.1) is 11.3 Å². The molecule has 7 nitrogen and oxygen atoms in total. The Labute approximate surface area is 104 Å². The highest BCUT2D eigenvalue weighted by Crippen LogP contribution is 2.22. The molecule has 0 aliphatic carbocycles. The summed E-state index contributed by atoms with van der Waals surface area (Å²) in [6, 6.07) is 2.44. The van der Waals surface area contributed by atoms with Gasteiger partial charge in [-0.15, -0.1) is 0 Å². The van der Waals surface area contributed by atoms with Crippen molar-refractivity contribution in [3.05, 3.63) is 28.4 Å². The molecule has 18 heavy (non-hydrogen) atoms. The molecule has 7 heteroatoms. The lowest BCUT2D eigenvalue weighted by Gasteiger charge is -2.16. The number of hydrogen-bond acceptors (Lipinski definition) is 5. The molecule has 1 rings (SSSR count). The number of pyridine rings is 1. The molecule has 0 aliphatic rings. The van der Waals surface area contributed by atoms with Gasteiger partial charge in [-0.25, -0.2) is 4.98 Å². The van der Waals surface area contributed by atoms with Gasteiger partial charge in [0.2, 0.25) is 5.82 Å². The molecule has 0 amide bonds. The molecule has 0 bridgehead atoms. The third-order valence-corrected chi connectivity index (χ3v) is 2.38. The summed E-state index contributed by atoms with van der Waals surface area (Å²) in [6.07, 6.45) is 2.73. The van der Waals surface area contributed by atoms with E-state index in [2.05, 4.69) is 10.3 Å². The standard InChI is InChI=1S/C11H15N3O4/c1-2-4-8(7-10(15)16)13-11-9(14(17)18)5-3-6-12-11/h3,5-6,8H,2,4,7H2,1H3,(H,12,13)(H,15,16). The maximum atomic E-state index is 10.8. The fourth-order valence-corrected chi connectivity index (χ4v) is 1.63. The number of nitrogens with zero attached hydrogens (tertiary/aromatic N) is 2. The van der Waals surface area contributed by atoms with E-state index in [9.17, 15) is 14.9 Å². The maximum Gasteiger partial charge on any atom is 0.311 e. The molecule has 0 saturated carbocycles. The van der Waals surface area contributed by atoms with Crippen LogP contribution in [0.2, 0.25) is 0 Å². The van der Waals surface area contributed by atoms with Gasteiger partial charge in [0.25, 0.3) is 0 Å². The molecule has 0 radical (unpaired) electrons. The third-order valence-electron chi connectivity index (χ3n) is 2.38. The summed E-state index contributed by atoms with van der Waals surface area (Å²) in [4.78, 5) is 24.8. The van der Waals surface area contributed by atoms with Crippen molar-refractivity contribution in [1.29, 1.82) is 0 Å². The predicted molar refractivity (Wildman–Crippen MR) is 65.5 cm³/mol. The van der Waals surface area contributed by atoms with Crippen LogP contribution in [0.5, 0.6) is 0 Å². The minimum atomic E-state index is -0.945. The van der Waals surface area contributed by atoms with Gasteiger partial charge in [0.15, 0.2) is 0 Å². The van der Waals surface area contributed by atoms with E-state index in [1.54, 1.807) is 0 Å². The monoisotopic (exact) mass is 253 g/mol. The molecule has 0 aliphatic heterocycles. The Hall–Kier alpha value is -2.18. The van der Waals surface area contributed by atoms with Crippen molar-refractivity contribution in [2.45, 2.75) is 32.2 Å². The van der Waals surface area contributed by atoms with Crippen LogP contribution in [0, 0.1) is 10.1 Å². The van der Waals surface area contributed by atoms with Gasteiger partial charge in [-0.2, -0.15) is 0 Å². The number of carbonyl (C=O) groups is 1. The Balaban J connectivity index is 2.85. The number of nitro groups is 1. The first kappa shape index (κ1) is 13.9. The van der Waals surface area contributed by atoms with E-state index < -0.39 is 10.9 Å². The summed E-state index contributed by atoms with van der Waals surface area (Å²) in [7, 11) is 0. The van der Waals surface area contributed by atoms with Gasteiger partial charge < -0.3 is 10.4 Å². The summed E-state index contributed by atoms with van der Waals surface area (Å²) in [5, 5.41) is 22.4. The highest BCUT2D eigenvalue weighted by Gasteiger charge is 2.19. The summed E-state index contributed by atoms with van der Waals surface area (Å²) < 4.78 is 0. The molecule has 0 aromatic carbocycles. The van der Waals surface area contributed by atoms with Crippen LogP contribution in [0.4, 0.5) is 11.5 Å². The molecular formula is C11H15N3O4. The van der Waals surface area contributed by atoms with Crippen LogP contribution >= 0.6 is 0 Å². The fraction of sp³-hybridized carbons (Fsp3) is 0.455. The number of carboxylic acid groups (broad SMARTS) is 1. The lowest BCUT2D eigenvalue weighted by atomic mass is 10.1. The topological polar surface area (TPSA) is 105 Å². The van der Waals surface area contributed by atoms with Gasteiger partial charge >= 0.3 is 11.7 Å². The number of rotatable bonds is 7. The van der Waals surface area contributed by atoms with E-state index in [0.29, 0.717) is 6.42 Å². The van der Waals surface area contributed by atoms with Crippen LogP contribution in [0.25, 0.3) is 0 Å². The van der Waals surface area contributed by atoms with Crippen molar-refractivity contribution in [2.75, 3.05) is 5.32 Å². The number of nitrogens with one attached hydrogen (secondary N) is 1. The molecule has 1 aromatic rings. The first-order valence-corrected chi connectivity index (χ1v) is 5.62. The first-order valence-electron chi connectivity index (χ1n) is 5.62. The largest absolute Gasteiger partial charge is 0.481 e. The number of hydrogen-bond donors (Lipinski definition) is 2. The second kappa shape index (κ2) is 6.53. The van der Waals surface area contributed by atoms with Crippen molar-refractivity contribution in [3.63, 3.8) is 0 Å². The van der Waals surface area contributed by atoms with Gasteiger partial charge in [-0.05, 0) is 12.5 Å². The highest BCUT2D eigenvalue weighted by atomic mass is 16.6. The summed E-state index contributed by atoms with van der Waals surface area (Å²) in [5.74, 6) is -0.832. The van der Waals surface area contributed by atoms with Crippen LogP contribution in [-0.2, 0) is 4.79 Å². The van der Waals surface area contributed by atoms with Gasteiger partial charge in [0.1, 0.15) is 0 Å². The Morgan fingerprint density at radius 1 is 1.67 bits per heavy atom. The van der Waals surface area contributed by atoms with E-state index in [1.165, 1.54) is 18.3 Å². The van der Waals surface area contributed by atoms with Crippen LogP contribution in [0.3, 0.4) is 0 Å². The van der Waals surface area contributed by atoms with E-state index >= 15 is 0 Å². The van der Waals surface area contributed by atoms with Crippen molar-refractivity contribution in [2.24, 2.45) is 0 Å². The predicted octanol–water partition coefficient (Wildman–Crippen LogP) is 2.05. The average molecular weight is 253 g/mol. The summed E-state index contributed by atoms with van der Waals surface area (Å²) in [5.41, 5.74) is -0.149. The van der Waals surface area contributed by atoms with Crippen LogP contribution in [0.15, 0.2) is 18.3 Å². The van der Waals surface area contributed by atoms with Crippen molar-refractivity contribution in [1.82, 2.24) is 4.98 Å². The fourth-order valence-electron chi connectivity index (χ4n) is 1.63. The normalized spacial score (nSPS) is 11.8. The molecule has 2 N–H and O–H groups in total. The molecule has 1 heterocycles. The van der Waals surface area contributed by atoms with E-state index in [0.717, 1.165) is 6.42 Å². The van der Waals surface area contributed by atoms with Gasteiger partial charge in [-0.3, -0.25) is 14.9 Å². The van der Waals surface area contributed by atoms with Crippen LogP contribution in [-0.4, -0.2) is 27.0 Å². The zero-order valence-electron chi connectivity index (χ0n) is 10.00. The maximum absolute atomic E-state index is 10.8. The SMILES string of the molecule is CCCC(CC(=O)O)Nc1ncccc1[N+](=O)[O-]. The molecule has 0 saturated heterocycles. The van der Waals surface area contributed by atoms with E-state index in [4.69, 9.17) is 5.11 Å². The quantitative estimate of drug-likeness (QED) is 0.569. The Morgan fingerprint density at radius 3 is 2.94 bits per heavy atom. The molecular weight excluding hydrogens is 238 g/mol. The van der Waals surface area contributed by atoms with Crippen LogP contribution < -0.4 is 5.32 Å². The second-order valence-corrected chi connectivity index (χ2v) is 3.86. The lowest BCUT2D eigenvalue weighted by Crippen LogP contribution is -2.24. The molecule has 0 spiro atoms. The molecule has 1 aromatic heterocycles. The first-order chi connectivity index (χ1) is 8.54. The average Bonchev–Trinajstić information content (AvgIpc) is 2.28. The van der Waals surface area contributed by atoms with Gasteiger partial charge in [0, 0.05) is 18.3 Å². The Morgan fingerprint density at radius 2 is 2.39 bits per heavy atom. The minimum absolute atomic E-state index is 0.0957. The molecule has 1 atom stereocenters. The van der Waals surface area contributed by atoms with Crippen molar-refractivity contribution < 1.29 is 14.8 Å². The third kappa shape index (κ3) is 4.00. The van der Waals surface area contributed by atoms with Crippen molar-refractivity contribution >= 4 is 17.5 Å². The number of anilines is 1. The minimum Gasteiger partial charge on any atom is -0.481 e. The molecule has 1 unspecified atom stereocenters. The molecule has 0 fully saturated rings. The summed E-state index contributed by atoms with van der Waals surface area (Å²) >= 11 is 0. The van der Waals surface area contributed by atoms with Crippen LogP contribution in [0.1, 0.15) is 26.2 Å². The number of carboxylic acids is 1. The smallest absolute Gasteiger partial charge is 0.311 e. The molecule has 98 valence electrons. The Kier molecular flexibility index (Phi) is 5.04. The lowest BCUT2D eigenvalue weighted by molar-refractivity contribution is -0.384. The number of aliphatic carboxylic acids is 1.